The van der Waals surface area contributed by atoms with Gasteiger partial charge in [0.1, 0.15) is 5.75 Å². The molecule has 0 fully saturated rings. The molecule has 6 heteroatoms. The maximum Gasteiger partial charge on any atom is 0.260 e. The first-order chi connectivity index (χ1) is 13.9. The number of nitrogens with one attached hydrogen (secondary N) is 2. The first-order valence-corrected chi connectivity index (χ1v) is 10.3. The molecular formula is C23H29ClN2O3. The Morgan fingerprint density at radius 2 is 1.62 bits per heavy atom. The summed E-state index contributed by atoms with van der Waals surface area (Å²) in [5.41, 5.74) is 2.13. The van der Waals surface area contributed by atoms with Gasteiger partial charge in [-0.05, 0) is 48.6 Å². The van der Waals surface area contributed by atoms with Crippen LogP contribution in [0.2, 0.25) is 5.02 Å². The number of amides is 2. The van der Waals surface area contributed by atoms with Crippen LogP contribution in [0.3, 0.4) is 0 Å². The summed E-state index contributed by atoms with van der Waals surface area (Å²) < 4.78 is 5.83. The van der Waals surface area contributed by atoms with E-state index in [9.17, 15) is 9.59 Å². The molecule has 0 aromatic heterocycles. The predicted molar refractivity (Wildman–Crippen MR) is 116 cm³/mol. The smallest absolute Gasteiger partial charge is 0.260 e. The molecule has 2 aromatic rings. The molecule has 2 N–H and O–H groups in total. The molecule has 2 aromatic carbocycles. The van der Waals surface area contributed by atoms with Crippen LogP contribution in [-0.2, 0) is 16.0 Å². The second-order valence-corrected chi connectivity index (χ2v) is 7.66. The summed E-state index contributed by atoms with van der Waals surface area (Å²) in [4.78, 5) is 24.2. The standard InChI is InChI=1S/C23H29ClN2O3/c1-16(2)20-6-4-5-7-21(20)29-17(3)23(28)26-15-14-25-22(27)13-10-18-8-11-19(24)12-9-18/h4-9,11-12,16-17H,10,13-15H2,1-3H3,(H,25,27)(H,26,28). The predicted octanol–water partition coefficient (Wildman–Crippen LogP) is 4.10. The third-order valence-electron chi connectivity index (χ3n) is 4.51. The summed E-state index contributed by atoms with van der Waals surface area (Å²) in [7, 11) is 0. The largest absolute Gasteiger partial charge is 0.481 e. The summed E-state index contributed by atoms with van der Waals surface area (Å²) >= 11 is 5.85. The number of rotatable bonds is 10. The van der Waals surface area contributed by atoms with E-state index < -0.39 is 6.10 Å². The molecule has 1 unspecified atom stereocenters. The molecule has 0 saturated heterocycles. The third-order valence-corrected chi connectivity index (χ3v) is 4.77. The van der Waals surface area contributed by atoms with Crippen molar-refractivity contribution in [2.45, 2.75) is 45.6 Å². The molecule has 0 heterocycles. The lowest BCUT2D eigenvalue weighted by Gasteiger charge is -2.18. The summed E-state index contributed by atoms with van der Waals surface area (Å²) in [6.07, 6.45) is 0.423. The number of carbonyl (C=O) groups excluding carboxylic acids is 2. The fourth-order valence-corrected chi connectivity index (χ4v) is 2.96. The van der Waals surface area contributed by atoms with Crippen molar-refractivity contribution in [3.63, 3.8) is 0 Å². The molecule has 0 aliphatic carbocycles. The first kappa shape index (κ1) is 22.8. The van der Waals surface area contributed by atoms with Crippen LogP contribution >= 0.6 is 11.6 Å². The van der Waals surface area contributed by atoms with Crippen LogP contribution in [0.5, 0.6) is 5.75 Å². The summed E-state index contributed by atoms with van der Waals surface area (Å²) in [5.74, 6) is 0.772. The molecular weight excluding hydrogens is 388 g/mol. The Balaban J connectivity index is 1.67. The van der Waals surface area contributed by atoms with Gasteiger partial charge in [-0.15, -0.1) is 0 Å². The van der Waals surface area contributed by atoms with Crippen LogP contribution in [0, 0.1) is 0 Å². The fourth-order valence-electron chi connectivity index (χ4n) is 2.84. The molecule has 5 nitrogen and oxygen atoms in total. The molecule has 0 aliphatic rings. The Morgan fingerprint density at radius 1 is 0.966 bits per heavy atom. The lowest BCUT2D eigenvalue weighted by Crippen LogP contribution is -2.40. The van der Waals surface area contributed by atoms with Crippen LogP contribution in [0.25, 0.3) is 0 Å². The summed E-state index contributed by atoms with van der Waals surface area (Å²) in [5, 5.41) is 6.29. The average molecular weight is 417 g/mol. The minimum Gasteiger partial charge on any atom is -0.481 e. The Hall–Kier alpha value is -2.53. The number of ether oxygens (including phenoxy) is 1. The Bertz CT molecular complexity index is 806. The molecule has 0 spiro atoms. The van der Waals surface area contributed by atoms with Gasteiger partial charge in [0.05, 0.1) is 0 Å². The number of benzene rings is 2. The number of hydrogen-bond acceptors (Lipinski definition) is 3. The zero-order valence-electron chi connectivity index (χ0n) is 17.2. The topological polar surface area (TPSA) is 67.4 Å². The molecule has 0 aliphatic heterocycles. The monoisotopic (exact) mass is 416 g/mol. The van der Waals surface area contributed by atoms with E-state index in [0.29, 0.717) is 36.9 Å². The van der Waals surface area contributed by atoms with Gasteiger partial charge in [-0.3, -0.25) is 9.59 Å². The highest BCUT2D eigenvalue weighted by molar-refractivity contribution is 6.30. The minimum atomic E-state index is -0.615. The number of para-hydroxylation sites is 1. The van der Waals surface area contributed by atoms with Crippen molar-refractivity contribution in [1.82, 2.24) is 10.6 Å². The van der Waals surface area contributed by atoms with E-state index in [0.717, 1.165) is 16.9 Å². The van der Waals surface area contributed by atoms with E-state index in [1.807, 2.05) is 48.5 Å². The minimum absolute atomic E-state index is 0.0515. The van der Waals surface area contributed by atoms with Gasteiger partial charge in [0.15, 0.2) is 6.10 Å². The number of halogens is 1. The van der Waals surface area contributed by atoms with Gasteiger partial charge in [-0.1, -0.05) is 55.8 Å². The number of hydrogen-bond donors (Lipinski definition) is 2. The number of aryl methyl sites for hydroxylation is 1. The summed E-state index contributed by atoms with van der Waals surface area (Å²) in [6.45, 7) is 6.62. The highest BCUT2D eigenvalue weighted by Crippen LogP contribution is 2.26. The average Bonchev–Trinajstić information content (AvgIpc) is 2.70. The van der Waals surface area contributed by atoms with Gasteiger partial charge in [0.25, 0.3) is 5.91 Å². The summed E-state index contributed by atoms with van der Waals surface area (Å²) in [6, 6.07) is 15.2. The molecule has 156 valence electrons. The second kappa shape index (κ2) is 11.5. The van der Waals surface area contributed by atoms with Gasteiger partial charge in [-0.25, -0.2) is 0 Å². The van der Waals surface area contributed by atoms with E-state index in [4.69, 9.17) is 16.3 Å². The molecule has 0 saturated carbocycles. The van der Waals surface area contributed by atoms with Crippen molar-refractivity contribution in [1.29, 1.82) is 0 Å². The number of carbonyl (C=O) groups is 2. The molecule has 1 atom stereocenters. The maximum atomic E-state index is 12.3. The van der Waals surface area contributed by atoms with Gasteiger partial charge in [0.2, 0.25) is 5.91 Å². The van der Waals surface area contributed by atoms with E-state index in [2.05, 4.69) is 24.5 Å². The first-order valence-electron chi connectivity index (χ1n) is 9.91. The van der Waals surface area contributed by atoms with Crippen LogP contribution in [0.1, 0.15) is 44.2 Å². The van der Waals surface area contributed by atoms with E-state index in [1.165, 1.54) is 0 Å². The third kappa shape index (κ3) is 7.78. The lowest BCUT2D eigenvalue weighted by molar-refractivity contribution is -0.127. The van der Waals surface area contributed by atoms with Crippen molar-refractivity contribution in [2.75, 3.05) is 13.1 Å². The van der Waals surface area contributed by atoms with Gasteiger partial charge < -0.3 is 15.4 Å². The SMILES string of the molecule is CC(Oc1ccccc1C(C)C)C(=O)NCCNC(=O)CCc1ccc(Cl)cc1. The second-order valence-electron chi connectivity index (χ2n) is 7.22. The Kier molecular flexibility index (Phi) is 9.00. The van der Waals surface area contributed by atoms with E-state index in [1.54, 1.807) is 6.92 Å². The van der Waals surface area contributed by atoms with Gasteiger partial charge >= 0.3 is 0 Å². The lowest BCUT2D eigenvalue weighted by atomic mass is 10.0. The molecule has 29 heavy (non-hydrogen) atoms. The van der Waals surface area contributed by atoms with Crippen molar-refractivity contribution in [3.8, 4) is 5.75 Å². The van der Waals surface area contributed by atoms with E-state index in [-0.39, 0.29) is 11.8 Å². The highest BCUT2D eigenvalue weighted by atomic mass is 35.5. The maximum absolute atomic E-state index is 12.3. The zero-order valence-corrected chi connectivity index (χ0v) is 18.0. The molecule has 0 bridgehead atoms. The molecule has 2 amide bonds. The zero-order chi connectivity index (χ0) is 21.2. The van der Waals surface area contributed by atoms with Crippen LogP contribution in [0.4, 0.5) is 0 Å². The van der Waals surface area contributed by atoms with Gasteiger partial charge in [0, 0.05) is 24.5 Å². The van der Waals surface area contributed by atoms with Gasteiger partial charge in [-0.2, -0.15) is 0 Å². The van der Waals surface area contributed by atoms with Crippen LogP contribution < -0.4 is 15.4 Å². The quantitative estimate of drug-likeness (QED) is 0.573. The van der Waals surface area contributed by atoms with Crippen LogP contribution in [-0.4, -0.2) is 31.0 Å². The Morgan fingerprint density at radius 3 is 2.31 bits per heavy atom. The van der Waals surface area contributed by atoms with Crippen molar-refractivity contribution in [3.05, 3.63) is 64.7 Å². The Labute approximate surface area is 177 Å². The molecule has 2 rings (SSSR count). The van der Waals surface area contributed by atoms with E-state index >= 15 is 0 Å². The normalized spacial score (nSPS) is 11.8. The van der Waals surface area contributed by atoms with Crippen molar-refractivity contribution in [2.24, 2.45) is 0 Å². The molecule has 0 radical (unpaired) electrons. The fraction of sp³-hybridized carbons (Fsp3) is 0.391. The highest BCUT2D eigenvalue weighted by Gasteiger charge is 2.16. The van der Waals surface area contributed by atoms with Crippen molar-refractivity contribution < 1.29 is 14.3 Å². The van der Waals surface area contributed by atoms with Crippen LogP contribution in [0.15, 0.2) is 48.5 Å². The van der Waals surface area contributed by atoms with Crippen molar-refractivity contribution >= 4 is 23.4 Å².